The molecule has 2 N–H and O–H groups in total. The number of aromatic nitrogens is 1. The zero-order chi connectivity index (χ0) is 15.2. The second kappa shape index (κ2) is 7.06. The molecule has 1 aliphatic rings. The Bertz CT molecular complexity index is 501. The maximum atomic E-state index is 12.2. The van der Waals surface area contributed by atoms with Crippen molar-refractivity contribution in [1.82, 2.24) is 10.3 Å². The summed E-state index contributed by atoms with van der Waals surface area (Å²) < 4.78 is 4.97. The highest BCUT2D eigenvalue weighted by Crippen LogP contribution is 2.30. The van der Waals surface area contributed by atoms with Crippen LogP contribution in [0.5, 0.6) is 5.88 Å². The number of carbonyl (C=O) groups excluding carboxylic acids is 1. The summed E-state index contributed by atoms with van der Waals surface area (Å²) in [4.78, 5) is 27.5. The highest BCUT2D eigenvalue weighted by Gasteiger charge is 2.35. The number of nitrogens with zero attached hydrogens (tertiary/aromatic N) is 1. The van der Waals surface area contributed by atoms with Crippen LogP contribution >= 0.6 is 0 Å². The Balaban J connectivity index is 1.91. The van der Waals surface area contributed by atoms with Crippen molar-refractivity contribution in [1.29, 1.82) is 0 Å². The third kappa shape index (κ3) is 3.93. The number of rotatable bonds is 5. The summed E-state index contributed by atoms with van der Waals surface area (Å²) in [6.45, 7) is 0.346. The molecule has 1 fully saturated rings. The van der Waals surface area contributed by atoms with E-state index in [1.165, 1.54) is 0 Å². The Kier molecular flexibility index (Phi) is 5.14. The second-order valence-corrected chi connectivity index (χ2v) is 5.26. The van der Waals surface area contributed by atoms with Gasteiger partial charge >= 0.3 is 5.97 Å². The maximum Gasteiger partial charge on any atom is 0.307 e. The molecule has 0 spiro atoms. The van der Waals surface area contributed by atoms with E-state index in [1.54, 1.807) is 19.4 Å². The molecule has 0 aliphatic heterocycles. The molecule has 2 rings (SSSR count). The molecular formula is C15H20N2O4. The molecular weight excluding hydrogens is 272 g/mol. The van der Waals surface area contributed by atoms with Gasteiger partial charge in [0, 0.05) is 18.8 Å². The molecule has 0 bridgehead atoms. The summed E-state index contributed by atoms with van der Waals surface area (Å²) in [5.41, 5.74) is 0.854. The molecule has 114 valence electrons. The van der Waals surface area contributed by atoms with Crippen LogP contribution in [0.2, 0.25) is 0 Å². The van der Waals surface area contributed by atoms with E-state index in [-0.39, 0.29) is 5.91 Å². The average molecular weight is 292 g/mol. The standard InChI is InChI=1S/C15H20N2O4/c1-21-13-7-6-10(8-16-13)9-17-14(18)11-4-2-3-5-12(11)15(19)20/h6-8,11-12H,2-5,9H2,1H3,(H,17,18)(H,19,20). The fourth-order valence-electron chi connectivity index (χ4n) is 2.70. The Morgan fingerprint density at radius 1 is 1.33 bits per heavy atom. The molecule has 1 aromatic rings. The Morgan fingerprint density at radius 3 is 2.62 bits per heavy atom. The third-order valence-electron chi connectivity index (χ3n) is 3.89. The van der Waals surface area contributed by atoms with E-state index >= 15 is 0 Å². The number of aliphatic carboxylic acids is 1. The van der Waals surface area contributed by atoms with Crippen molar-refractivity contribution in [3.63, 3.8) is 0 Å². The smallest absolute Gasteiger partial charge is 0.307 e. The summed E-state index contributed by atoms with van der Waals surface area (Å²) >= 11 is 0. The number of methoxy groups -OCH3 is 1. The van der Waals surface area contributed by atoms with Crippen molar-refractivity contribution in [2.75, 3.05) is 7.11 Å². The summed E-state index contributed by atoms with van der Waals surface area (Å²) in [6.07, 6.45) is 4.64. The van der Waals surface area contributed by atoms with E-state index in [2.05, 4.69) is 10.3 Å². The number of nitrogens with one attached hydrogen (secondary N) is 1. The minimum absolute atomic E-state index is 0.182. The van der Waals surface area contributed by atoms with Gasteiger partial charge < -0.3 is 15.2 Å². The lowest BCUT2D eigenvalue weighted by Crippen LogP contribution is -2.39. The van der Waals surface area contributed by atoms with E-state index < -0.39 is 17.8 Å². The van der Waals surface area contributed by atoms with Gasteiger partial charge in [-0.05, 0) is 18.4 Å². The fraction of sp³-hybridized carbons (Fsp3) is 0.533. The quantitative estimate of drug-likeness (QED) is 0.860. The number of hydrogen-bond acceptors (Lipinski definition) is 4. The first-order valence-electron chi connectivity index (χ1n) is 7.11. The molecule has 0 saturated heterocycles. The van der Waals surface area contributed by atoms with Crippen LogP contribution in [0.4, 0.5) is 0 Å². The van der Waals surface area contributed by atoms with Crippen molar-refractivity contribution in [2.45, 2.75) is 32.2 Å². The highest BCUT2D eigenvalue weighted by molar-refractivity contribution is 5.84. The van der Waals surface area contributed by atoms with Crippen LogP contribution in [-0.2, 0) is 16.1 Å². The highest BCUT2D eigenvalue weighted by atomic mass is 16.5. The molecule has 2 atom stereocenters. The van der Waals surface area contributed by atoms with Crippen molar-refractivity contribution in [3.8, 4) is 5.88 Å². The second-order valence-electron chi connectivity index (χ2n) is 5.26. The largest absolute Gasteiger partial charge is 0.481 e. The van der Waals surface area contributed by atoms with E-state index in [4.69, 9.17) is 4.74 Å². The van der Waals surface area contributed by atoms with Crippen LogP contribution in [0.15, 0.2) is 18.3 Å². The first-order valence-corrected chi connectivity index (χ1v) is 7.11. The lowest BCUT2D eigenvalue weighted by atomic mass is 9.78. The summed E-state index contributed by atoms with van der Waals surface area (Å²) in [6, 6.07) is 3.55. The lowest BCUT2D eigenvalue weighted by Gasteiger charge is -2.27. The van der Waals surface area contributed by atoms with Gasteiger partial charge in [0.2, 0.25) is 11.8 Å². The van der Waals surface area contributed by atoms with Crippen molar-refractivity contribution < 1.29 is 19.4 Å². The fourth-order valence-corrected chi connectivity index (χ4v) is 2.70. The molecule has 1 amide bonds. The van der Waals surface area contributed by atoms with E-state index in [1.807, 2.05) is 6.07 Å². The SMILES string of the molecule is COc1ccc(CNC(=O)C2CCCCC2C(=O)O)cn1. The number of amides is 1. The number of carboxylic acid groups (broad SMARTS) is 1. The minimum atomic E-state index is -0.874. The average Bonchev–Trinajstić information content (AvgIpc) is 2.53. The molecule has 0 aromatic carbocycles. The van der Waals surface area contributed by atoms with Gasteiger partial charge in [0.1, 0.15) is 0 Å². The Hall–Kier alpha value is -2.11. The predicted octanol–water partition coefficient (Wildman–Crippen LogP) is 1.60. The van der Waals surface area contributed by atoms with E-state index in [0.717, 1.165) is 18.4 Å². The molecule has 1 saturated carbocycles. The molecule has 21 heavy (non-hydrogen) atoms. The number of hydrogen-bond donors (Lipinski definition) is 2. The first kappa shape index (κ1) is 15.3. The van der Waals surface area contributed by atoms with Crippen LogP contribution in [-0.4, -0.2) is 29.1 Å². The first-order chi connectivity index (χ1) is 10.1. The Morgan fingerprint density at radius 2 is 2.05 bits per heavy atom. The van der Waals surface area contributed by atoms with Gasteiger partial charge in [-0.15, -0.1) is 0 Å². The zero-order valence-electron chi connectivity index (χ0n) is 12.0. The summed E-state index contributed by atoms with van der Waals surface area (Å²) in [5.74, 6) is -1.53. The van der Waals surface area contributed by atoms with Gasteiger partial charge in [-0.3, -0.25) is 9.59 Å². The zero-order valence-corrected chi connectivity index (χ0v) is 12.0. The van der Waals surface area contributed by atoms with Crippen LogP contribution in [0.25, 0.3) is 0 Å². The normalized spacial score (nSPS) is 21.6. The van der Waals surface area contributed by atoms with E-state index in [9.17, 15) is 14.7 Å². The molecule has 1 aliphatic carbocycles. The number of carboxylic acids is 1. The molecule has 2 unspecified atom stereocenters. The van der Waals surface area contributed by atoms with Gasteiger partial charge in [-0.1, -0.05) is 18.9 Å². The summed E-state index contributed by atoms with van der Waals surface area (Å²) in [7, 11) is 1.54. The summed E-state index contributed by atoms with van der Waals surface area (Å²) in [5, 5.41) is 12.0. The van der Waals surface area contributed by atoms with Gasteiger partial charge in [-0.25, -0.2) is 4.98 Å². The number of pyridine rings is 1. The number of ether oxygens (including phenoxy) is 1. The predicted molar refractivity (Wildman–Crippen MR) is 75.7 cm³/mol. The minimum Gasteiger partial charge on any atom is -0.481 e. The molecule has 6 heteroatoms. The number of carbonyl (C=O) groups is 2. The maximum absolute atomic E-state index is 12.2. The monoisotopic (exact) mass is 292 g/mol. The van der Waals surface area contributed by atoms with Crippen LogP contribution < -0.4 is 10.1 Å². The topological polar surface area (TPSA) is 88.5 Å². The third-order valence-corrected chi connectivity index (χ3v) is 3.89. The Labute approximate surface area is 123 Å². The van der Waals surface area contributed by atoms with Gasteiger partial charge in [0.25, 0.3) is 0 Å². The lowest BCUT2D eigenvalue weighted by molar-refractivity contribution is -0.148. The van der Waals surface area contributed by atoms with Crippen molar-refractivity contribution >= 4 is 11.9 Å². The molecule has 1 aromatic heterocycles. The molecule has 0 radical (unpaired) electrons. The van der Waals surface area contributed by atoms with Gasteiger partial charge in [-0.2, -0.15) is 0 Å². The molecule has 6 nitrogen and oxygen atoms in total. The van der Waals surface area contributed by atoms with Gasteiger partial charge in [0.15, 0.2) is 0 Å². The van der Waals surface area contributed by atoms with Crippen molar-refractivity contribution in [2.24, 2.45) is 11.8 Å². The van der Waals surface area contributed by atoms with Crippen LogP contribution in [0.3, 0.4) is 0 Å². The van der Waals surface area contributed by atoms with E-state index in [0.29, 0.717) is 25.3 Å². The van der Waals surface area contributed by atoms with Crippen LogP contribution in [0, 0.1) is 11.8 Å². The van der Waals surface area contributed by atoms with Crippen molar-refractivity contribution in [3.05, 3.63) is 23.9 Å². The van der Waals surface area contributed by atoms with Crippen LogP contribution in [0.1, 0.15) is 31.2 Å². The molecule has 1 heterocycles. The van der Waals surface area contributed by atoms with Gasteiger partial charge in [0.05, 0.1) is 18.9 Å².